The molecule has 0 aromatic heterocycles. The van der Waals surface area contributed by atoms with Crippen LogP contribution in [0.1, 0.15) is 123 Å². The summed E-state index contributed by atoms with van der Waals surface area (Å²) in [6.07, 6.45) is 15.3. The molecule has 0 amide bonds. The minimum absolute atomic E-state index is 0. The predicted molar refractivity (Wildman–Crippen MR) is 192 cm³/mol. The van der Waals surface area contributed by atoms with Gasteiger partial charge in [0, 0.05) is 13.1 Å². The van der Waals surface area contributed by atoms with Crippen LogP contribution in [-0.4, -0.2) is 30.5 Å². The number of carbonyl (C=O) groups excluding carboxylic acids is 1. The second-order valence-corrected chi connectivity index (χ2v) is 13.2. The van der Waals surface area contributed by atoms with Gasteiger partial charge in [0.25, 0.3) is 0 Å². The SMILES string of the molecule is CC.CCCc1ccc(C(/C=C\CC(C)SC(CC)C(=O)CC2CCCC2)=C(/CC)c2ccc(OC)c(C)c2)cc1OC.[HH]. The van der Waals surface area contributed by atoms with Crippen molar-refractivity contribution in [1.82, 2.24) is 0 Å². The molecule has 0 aliphatic heterocycles. The van der Waals surface area contributed by atoms with Crippen molar-refractivity contribution in [2.24, 2.45) is 5.92 Å². The van der Waals surface area contributed by atoms with Gasteiger partial charge >= 0.3 is 0 Å². The number of ketones is 1. The molecule has 0 radical (unpaired) electrons. The van der Waals surface area contributed by atoms with Gasteiger partial charge in [-0.15, -0.1) is 11.8 Å². The highest BCUT2D eigenvalue weighted by Gasteiger charge is 2.25. The Hall–Kier alpha value is -2.46. The zero-order valence-corrected chi connectivity index (χ0v) is 29.4. The number of rotatable bonds is 16. The van der Waals surface area contributed by atoms with Crippen molar-refractivity contribution in [3.8, 4) is 11.5 Å². The topological polar surface area (TPSA) is 35.5 Å². The average Bonchev–Trinajstić information content (AvgIpc) is 3.54. The molecule has 1 aliphatic carbocycles. The van der Waals surface area contributed by atoms with Crippen LogP contribution in [0.25, 0.3) is 11.1 Å². The molecule has 0 bridgehead atoms. The van der Waals surface area contributed by atoms with Crippen LogP contribution in [0.2, 0.25) is 0 Å². The first kappa shape index (κ1) is 36.7. The van der Waals surface area contributed by atoms with E-state index in [1.165, 1.54) is 53.5 Å². The van der Waals surface area contributed by atoms with E-state index in [1.54, 1.807) is 14.2 Å². The van der Waals surface area contributed by atoms with Crippen LogP contribution < -0.4 is 9.47 Å². The smallest absolute Gasteiger partial charge is 0.146 e. The van der Waals surface area contributed by atoms with Crippen molar-refractivity contribution in [3.05, 3.63) is 70.8 Å². The summed E-state index contributed by atoms with van der Waals surface area (Å²) in [5, 5.41) is 0.484. The van der Waals surface area contributed by atoms with E-state index in [4.69, 9.17) is 9.47 Å². The third kappa shape index (κ3) is 10.9. The van der Waals surface area contributed by atoms with E-state index in [9.17, 15) is 4.79 Å². The molecular weight excluding hydrogens is 548 g/mol. The summed E-state index contributed by atoms with van der Waals surface area (Å²) >= 11 is 1.86. The van der Waals surface area contributed by atoms with Crippen molar-refractivity contribution in [2.45, 2.75) is 123 Å². The maximum Gasteiger partial charge on any atom is 0.146 e. The lowest BCUT2D eigenvalue weighted by Gasteiger charge is -2.20. The predicted octanol–water partition coefficient (Wildman–Crippen LogP) is 11.6. The number of hydrogen-bond acceptors (Lipinski definition) is 4. The Kier molecular flexibility index (Phi) is 16.9. The van der Waals surface area contributed by atoms with E-state index in [-0.39, 0.29) is 6.68 Å². The molecule has 3 nitrogen and oxygen atoms in total. The summed E-state index contributed by atoms with van der Waals surface area (Å²) in [4.78, 5) is 13.1. The maximum atomic E-state index is 13.1. The Bertz CT molecular complexity index is 1200. The lowest BCUT2D eigenvalue weighted by molar-refractivity contribution is -0.119. The highest BCUT2D eigenvalue weighted by Crippen LogP contribution is 2.36. The van der Waals surface area contributed by atoms with Crippen LogP contribution in [0.5, 0.6) is 11.5 Å². The minimum Gasteiger partial charge on any atom is -0.496 e. The van der Waals surface area contributed by atoms with Gasteiger partial charge in [-0.2, -0.15) is 0 Å². The number of benzene rings is 2. The Labute approximate surface area is 269 Å². The first-order chi connectivity index (χ1) is 20.8. The number of hydrogen-bond donors (Lipinski definition) is 0. The Morgan fingerprint density at radius 3 is 2.26 bits per heavy atom. The van der Waals surface area contributed by atoms with Crippen LogP contribution in [0.4, 0.5) is 0 Å². The summed E-state index contributed by atoms with van der Waals surface area (Å²) < 4.78 is 11.4. The summed E-state index contributed by atoms with van der Waals surface area (Å²) in [6, 6.07) is 13.1. The van der Waals surface area contributed by atoms with E-state index in [0.717, 1.165) is 55.6 Å². The fourth-order valence-corrected chi connectivity index (χ4v) is 7.34. The molecule has 2 atom stereocenters. The molecular formula is C39H60O3S. The van der Waals surface area contributed by atoms with Gasteiger partial charge in [0.15, 0.2) is 0 Å². The number of allylic oxidation sites excluding steroid dienone is 4. The lowest BCUT2D eigenvalue weighted by Crippen LogP contribution is -2.21. The Morgan fingerprint density at radius 2 is 1.67 bits per heavy atom. The van der Waals surface area contributed by atoms with Gasteiger partial charge in [-0.1, -0.05) is 104 Å². The molecule has 1 fully saturated rings. The van der Waals surface area contributed by atoms with Crippen LogP contribution in [0.15, 0.2) is 48.6 Å². The first-order valence-corrected chi connectivity index (χ1v) is 17.7. The van der Waals surface area contributed by atoms with Crippen molar-refractivity contribution in [2.75, 3.05) is 14.2 Å². The van der Waals surface area contributed by atoms with Gasteiger partial charge in [0.2, 0.25) is 0 Å². The third-order valence-corrected chi connectivity index (χ3v) is 9.96. The zero-order chi connectivity index (χ0) is 31.8. The zero-order valence-electron chi connectivity index (χ0n) is 28.6. The quantitative estimate of drug-likeness (QED) is 0.140. The van der Waals surface area contributed by atoms with Gasteiger partial charge < -0.3 is 9.47 Å². The van der Waals surface area contributed by atoms with E-state index in [1.807, 2.05) is 25.6 Å². The highest BCUT2D eigenvalue weighted by atomic mass is 32.2. The molecule has 0 spiro atoms. The Morgan fingerprint density at radius 1 is 1.00 bits per heavy atom. The molecule has 0 saturated heterocycles. The molecule has 0 N–H and O–H groups in total. The molecule has 4 heteroatoms. The van der Waals surface area contributed by atoms with Crippen LogP contribution in [0.3, 0.4) is 0 Å². The first-order valence-electron chi connectivity index (χ1n) is 16.7. The third-order valence-electron chi connectivity index (χ3n) is 8.38. The minimum atomic E-state index is 0. The molecule has 0 heterocycles. The maximum absolute atomic E-state index is 13.1. The number of carbonyl (C=O) groups is 1. The number of methoxy groups -OCH3 is 2. The van der Waals surface area contributed by atoms with E-state index in [2.05, 4.69) is 83.2 Å². The largest absolute Gasteiger partial charge is 0.496 e. The second kappa shape index (κ2) is 19.7. The molecule has 2 aromatic carbocycles. The number of Topliss-reactive ketones (excluding diaryl/α,β-unsaturated/α-hetero) is 1. The summed E-state index contributed by atoms with van der Waals surface area (Å²) in [7, 11) is 3.49. The number of aryl methyl sites for hydroxylation is 2. The molecule has 1 saturated carbocycles. The van der Waals surface area contributed by atoms with Crippen molar-refractivity contribution >= 4 is 28.7 Å². The summed E-state index contributed by atoms with van der Waals surface area (Å²) in [5.41, 5.74) is 7.29. The van der Waals surface area contributed by atoms with Crippen LogP contribution >= 0.6 is 11.8 Å². The molecule has 2 aromatic rings. The molecule has 240 valence electrons. The van der Waals surface area contributed by atoms with E-state index >= 15 is 0 Å². The van der Waals surface area contributed by atoms with Crippen molar-refractivity contribution < 1.29 is 15.7 Å². The van der Waals surface area contributed by atoms with E-state index in [0.29, 0.717) is 17.0 Å². The van der Waals surface area contributed by atoms with Gasteiger partial charge in [-0.25, -0.2) is 0 Å². The fraction of sp³-hybridized carbons (Fsp3) is 0.564. The number of ether oxygens (including phenoxy) is 2. The van der Waals surface area contributed by atoms with Crippen molar-refractivity contribution in [1.29, 1.82) is 0 Å². The highest BCUT2D eigenvalue weighted by molar-refractivity contribution is 8.01. The molecule has 3 rings (SSSR count). The normalized spacial score (nSPS) is 15.5. The molecule has 2 unspecified atom stereocenters. The standard InChI is InChI=1S/C37H52O3S.C2H6.H2/c1-8-14-29-19-20-31(25-36(29)40-7)33(32(9-2)30-21-22-35(39-6)26(4)23-30)18-13-15-27(5)41-37(10-3)34(38)24-28-16-11-12-17-28;1-2;/h13,18-23,25,27-28,37H,8-12,14-17,24H2,1-7H3;1-2H3;1H/b18-13-,33-32-;;. The second-order valence-electron chi connectivity index (χ2n) is 11.5. The molecule has 1 aliphatic rings. The molecule has 43 heavy (non-hydrogen) atoms. The monoisotopic (exact) mass is 608 g/mol. The van der Waals surface area contributed by atoms with Crippen LogP contribution in [0, 0.1) is 12.8 Å². The van der Waals surface area contributed by atoms with Gasteiger partial charge in [0.1, 0.15) is 17.3 Å². The van der Waals surface area contributed by atoms with Crippen LogP contribution in [-0.2, 0) is 11.2 Å². The fourth-order valence-electron chi connectivity index (χ4n) is 6.12. The Balaban J connectivity index is 0.00000316. The summed E-state index contributed by atoms with van der Waals surface area (Å²) in [6.45, 7) is 15.0. The van der Waals surface area contributed by atoms with Gasteiger partial charge in [-0.05, 0) is 90.1 Å². The summed E-state index contributed by atoms with van der Waals surface area (Å²) in [5.74, 6) is 2.94. The van der Waals surface area contributed by atoms with Gasteiger partial charge in [-0.3, -0.25) is 4.79 Å². The lowest BCUT2D eigenvalue weighted by atomic mass is 9.90. The van der Waals surface area contributed by atoms with E-state index < -0.39 is 0 Å². The van der Waals surface area contributed by atoms with Crippen molar-refractivity contribution in [3.63, 3.8) is 0 Å². The average molecular weight is 609 g/mol. The van der Waals surface area contributed by atoms with Gasteiger partial charge in [0.05, 0.1) is 19.5 Å². The number of thioether (sulfide) groups is 1.